The van der Waals surface area contributed by atoms with Crippen molar-refractivity contribution in [1.29, 1.82) is 0 Å². The highest BCUT2D eigenvalue weighted by molar-refractivity contribution is 6.16. The number of hydrogen-bond donors (Lipinski definition) is 0. The van der Waals surface area contributed by atoms with Crippen LogP contribution in [0.25, 0.3) is 5.57 Å². The molecule has 0 fully saturated rings. The quantitative estimate of drug-likeness (QED) is 0.712. The van der Waals surface area contributed by atoms with Gasteiger partial charge in [0, 0.05) is 5.57 Å². The molecule has 0 amide bonds. The zero-order chi connectivity index (χ0) is 10.7. The van der Waals surface area contributed by atoms with E-state index in [0.29, 0.717) is 11.8 Å². The summed E-state index contributed by atoms with van der Waals surface area (Å²) < 4.78 is 5.35. The Balaban J connectivity index is 2.25. The maximum atomic E-state index is 5.66. The van der Waals surface area contributed by atoms with Crippen molar-refractivity contribution in [2.75, 3.05) is 0 Å². The van der Waals surface area contributed by atoms with Crippen molar-refractivity contribution in [2.45, 2.75) is 19.2 Å². The number of alkyl halides is 1. The Bertz CT molecular complexity index is 440. The third-order valence-electron chi connectivity index (χ3n) is 2.24. The van der Waals surface area contributed by atoms with Gasteiger partial charge in [0.25, 0.3) is 0 Å². The van der Waals surface area contributed by atoms with Crippen molar-refractivity contribution in [3.05, 3.63) is 47.7 Å². The zero-order valence-corrected chi connectivity index (χ0v) is 9.29. The predicted octanol–water partition coefficient (Wildman–Crippen LogP) is 3.70. The van der Waals surface area contributed by atoms with E-state index in [-0.39, 0.29) is 0 Å². The van der Waals surface area contributed by atoms with Crippen LogP contribution < -0.4 is 0 Å². The normalized spacial score (nSPS) is 15.9. The van der Waals surface area contributed by atoms with Crippen LogP contribution in [0.4, 0.5) is 0 Å². The van der Waals surface area contributed by atoms with E-state index in [9.17, 15) is 0 Å². The fourth-order valence-electron chi connectivity index (χ4n) is 1.39. The van der Waals surface area contributed by atoms with Gasteiger partial charge >= 0.3 is 0 Å². The number of halogens is 1. The predicted molar refractivity (Wildman–Crippen MR) is 61.6 cm³/mol. The Labute approximate surface area is 94.0 Å². The monoisotopic (exact) mass is 221 g/mol. The second-order valence-corrected chi connectivity index (χ2v) is 3.72. The van der Waals surface area contributed by atoms with Crippen LogP contribution in [0.5, 0.6) is 0 Å². The summed E-state index contributed by atoms with van der Waals surface area (Å²) in [5.74, 6) is 1.03. The van der Waals surface area contributed by atoms with E-state index < -0.39 is 0 Å². The average Bonchev–Trinajstić information content (AvgIpc) is 2.62. The van der Waals surface area contributed by atoms with E-state index in [0.717, 1.165) is 17.7 Å². The summed E-state index contributed by atoms with van der Waals surface area (Å²) in [6.07, 6.45) is 10.8. The van der Waals surface area contributed by atoms with Gasteiger partial charge in [-0.15, -0.1) is 11.6 Å². The molecule has 0 bridgehead atoms. The van der Waals surface area contributed by atoms with Crippen LogP contribution in [0.2, 0.25) is 0 Å². The van der Waals surface area contributed by atoms with Crippen molar-refractivity contribution in [2.24, 2.45) is 0 Å². The Morgan fingerprint density at radius 2 is 2.27 bits per heavy atom. The number of oxazole rings is 1. The molecule has 15 heavy (non-hydrogen) atoms. The molecule has 0 aliphatic heterocycles. The average molecular weight is 222 g/mol. The highest BCUT2D eigenvalue weighted by atomic mass is 35.5. The summed E-state index contributed by atoms with van der Waals surface area (Å²) >= 11 is 5.66. The first-order chi connectivity index (χ1) is 7.29. The summed E-state index contributed by atoms with van der Waals surface area (Å²) in [5.41, 5.74) is 3.04. The highest BCUT2D eigenvalue weighted by Crippen LogP contribution is 2.20. The second kappa shape index (κ2) is 4.49. The Hall–Kier alpha value is -1.28. The van der Waals surface area contributed by atoms with Gasteiger partial charge in [0.15, 0.2) is 0 Å². The van der Waals surface area contributed by atoms with Crippen molar-refractivity contribution in [3.8, 4) is 0 Å². The van der Waals surface area contributed by atoms with E-state index in [1.807, 2.05) is 6.08 Å². The third-order valence-corrected chi connectivity index (χ3v) is 2.51. The maximum absolute atomic E-state index is 5.66. The Kier molecular flexibility index (Phi) is 3.07. The molecule has 0 radical (unpaired) electrons. The molecule has 1 aromatic heterocycles. The van der Waals surface area contributed by atoms with Gasteiger partial charge in [0.2, 0.25) is 5.89 Å². The number of nitrogens with zero attached hydrogens (tertiary/aromatic N) is 1. The molecular weight excluding hydrogens is 210 g/mol. The van der Waals surface area contributed by atoms with Crippen LogP contribution in [0.1, 0.15) is 24.9 Å². The molecule has 0 unspecified atom stereocenters. The third kappa shape index (κ3) is 2.39. The molecule has 0 atom stereocenters. The molecule has 1 aliphatic carbocycles. The van der Waals surface area contributed by atoms with Gasteiger partial charge in [0.1, 0.15) is 6.26 Å². The van der Waals surface area contributed by atoms with Crippen LogP contribution >= 0.6 is 11.6 Å². The van der Waals surface area contributed by atoms with Gasteiger partial charge in [0.05, 0.1) is 11.6 Å². The molecular formula is C12H12ClNO. The smallest absolute Gasteiger partial charge is 0.225 e. The molecule has 2 nitrogen and oxygen atoms in total. The highest BCUT2D eigenvalue weighted by Gasteiger charge is 2.07. The lowest BCUT2D eigenvalue weighted by Gasteiger charge is -1.92. The summed E-state index contributed by atoms with van der Waals surface area (Å²) in [6, 6.07) is 0. The number of aromatic nitrogens is 1. The first-order valence-corrected chi connectivity index (χ1v) is 5.39. The van der Waals surface area contributed by atoms with Crippen molar-refractivity contribution >= 4 is 17.2 Å². The minimum atomic E-state index is 0.387. The molecule has 0 saturated heterocycles. The van der Waals surface area contributed by atoms with Crippen molar-refractivity contribution in [1.82, 2.24) is 4.98 Å². The maximum Gasteiger partial charge on any atom is 0.225 e. The zero-order valence-electron chi connectivity index (χ0n) is 8.53. The fraction of sp³-hybridized carbons (Fsp3) is 0.250. The molecule has 2 rings (SSSR count). The summed E-state index contributed by atoms with van der Waals surface area (Å²) in [7, 11) is 0. The molecule has 78 valence electrons. The summed E-state index contributed by atoms with van der Waals surface area (Å²) in [5, 5.41) is 0. The lowest BCUT2D eigenvalue weighted by Crippen LogP contribution is -1.82. The van der Waals surface area contributed by atoms with Crippen LogP contribution in [0, 0.1) is 0 Å². The van der Waals surface area contributed by atoms with Gasteiger partial charge in [-0.05, 0) is 19.4 Å². The van der Waals surface area contributed by atoms with E-state index >= 15 is 0 Å². The van der Waals surface area contributed by atoms with E-state index in [2.05, 4.69) is 30.1 Å². The van der Waals surface area contributed by atoms with E-state index in [1.54, 1.807) is 6.26 Å². The minimum Gasteiger partial charge on any atom is -0.444 e. The summed E-state index contributed by atoms with van der Waals surface area (Å²) in [6.45, 7) is 2.08. The van der Waals surface area contributed by atoms with Gasteiger partial charge < -0.3 is 4.42 Å². The Morgan fingerprint density at radius 3 is 3.00 bits per heavy atom. The first kappa shape index (κ1) is 10.2. The second-order valence-electron chi connectivity index (χ2n) is 3.45. The minimum absolute atomic E-state index is 0.387. The largest absolute Gasteiger partial charge is 0.444 e. The molecule has 0 N–H and O–H groups in total. The van der Waals surface area contributed by atoms with Gasteiger partial charge in [-0.25, -0.2) is 4.98 Å². The Morgan fingerprint density at radius 1 is 1.40 bits per heavy atom. The number of hydrogen-bond acceptors (Lipinski definition) is 2. The van der Waals surface area contributed by atoms with Crippen LogP contribution in [0.3, 0.4) is 0 Å². The molecule has 3 heteroatoms. The first-order valence-electron chi connectivity index (χ1n) is 4.85. The van der Waals surface area contributed by atoms with Crippen LogP contribution in [-0.4, -0.2) is 4.98 Å². The summed E-state index contributed by atoms with van der Waals surface area (Å²) in [4.78, 5) is 4.28. The topological polar surface area (TPSA) is 26.0 Å². The van der Waals surface area contributed by atoms with Crippen LogP contribution in [0.15, 0.2) is 40.6 Å². The molecule has 1 aliphatic rings. The van der Waals surface area contributed by atoms with Gasteiger partial charge in [-0.3, -0.25) is 0 Å². The lowest BCUT2D eigenvalue weighted by molar-refractivity contribution is 0.542. The van der Waals surface area contributed by atoms with E-state index in [4.69, 9.17) is 16.0 Å². The molecule has 0 saturated carbocycles. The van der Waals surface area contributed by atoms with Crippen molar-refractivity contribution < 1.29 is 4.42 Å². The van der Waals surface area contributed by atoms with Crippen LogP contribution in [-0.2, 0) is 5.88 Å². The van der Waals surface area contributed by atoms with Gasteiger partial charge in [-0.2, -0.15) is 0 Å². The SMILES string of the molecule is CC1=CCC=C(c2nc(CCl)co2)C=C1. The number of rotatable bonds is 2. The lowest BCUT2D eigenvalue weighted by atomic mass is 10.2. The van der Waals surface area contributed by atoms with Crippen molar-refractivity contribution in [3.63, 3.8) is 0 Å². The van der Waals surface area contributed by atoms with E-state index in [1.165, 1.54) is 5.57 Å². The number of allylic oxidation sites excluding steroid dienone is 6. The van der Waals surface area contributed by atoms with Gasteiger partial charge in [-0.1, -0.05) is 23.8 Å². The standard InChI is InChI=1S/C12H12ClNO/c1-9-3-2-4-10(6-5-9)12-14-11(7-13)8-15-12/h3-6,8H,2,7H2,1H3. The molecule has 0 spiro atoms. The fourth-order valence-corrected chi connectivity index (χ4v) is 1.51. The molecule has 1 aromatic rings. The molecule has 0 aromatic carbocycles. The molecule has 1 heterocycles.